The van der Waals surface area contributed by atoms with Crippen molar-refractivity contribution in [3.8, 4) is 6.07 Å². The largest absolute Gasteiger partial charge is 0.510 e. The summed E-state index contributed by atoms with van der Waals surface area (Å²) in [6.07, 6.45) is 1.57. The van der Waals surface area contributed by atoms with Gasteiger partial charge in [-0.05, 0) is 38.5 Å². The third-order valence-electron chi connectivity index (χ3n) is 4.14. The van der Waals surface area contributed by atoms with E-state index < -0.39 is 5.91 Å². The quantitative estimate of drug-likeness (QED) is 0.312. The van der Waals surface area contributed by atoms with E-state index in [4.69, 9.17) is 0 Å². The number of hydrogen-bond donors (Lipinski definition) is 2. The number of carbonyl (C=O) groups excluding carboxylic acids is 1. The number of aliphatic hydroxyl groups excluding tert-OH is 1. The van der Waals surface area contributed by atoms with Crippen molar-refractivity contribution in [3.63, 3.8) is 0 Å². The van der Waals surface area contributed by atoms with Crippen LogP contribution in [0, 0.1) is 17.2 Å². The van der Waals surface area contributed by atoms with Crippen molar-refractivity contribution in [2.24, 2.45) is 5.92 Å². The first-order valence-electron chi connectivity index (χ1n) is 8.56. The minimum atomic E-state index is -0.488. The Balaban J connectivity index is 2.48. The molecule has 138 valence electrons. The van der Waals surface area contributed by atoms with Crippen LogP contribution in [-0.2, 0) is 4.79 Å². The lowest BCUT2D eigenvalue weighted by Crippen LogP contribution is -2.38. The molecule has 1 aromatic carbocycles. The molecule has 1 aromatic heterocycles. The third kappa shape index (κ3) is 4.19. The summed E-state index contributed by atoms with van der Waals surface area (Å²) in [4.78, 5) is 18.9. The normalized spacial score (nSPS) is 13.4. The van der Waals surface area contributed by atoms with Gasteiger partial charge in [0.25, 0.3) is 5.91 Å². The minimum Gasteiger partial charge on any atom is -0.510 e. The van der Waals surface area contributed by atoms with Crippen LogP contribution in [0.4, 0.5) is 5.69 Å². The lowest BCUT2D eigenvalue weighted by molar-refractivity contribution is -0.115. The zero-order valence-electron chi connectivity index (χ0n) is 15.4. The van der Waals surface area contributed by atoms with E-state index in [1.54, 1.807) is 6.07 Å². The molecule has 7 heteroatoms. The second-order valence-electron chi connectivity index (χ2n) is 6.48. The first kappa shape index (κ1) is 20.3. The Morgan fingerprint density at radius 2 is 2.12 bits per heavy atom. The molecule has 0 aliphatic rings. The van der Waals surface area contributed by atoms with Crippen molar-refractivity contribution in [2.45, 2.75) is 50.9 Å². The second-order valence-corrected chi connectivity index (χ2v) is 8.24. The maximum Gasteiger partial charge on any atom is 0.272 e. The molecular formula is C19H23N3O2S2. The number of carbonyl (C=O) groups is 1. The topological polar surface area (TPSA) is 77.2 Å². The number of hydrogen-bond acceptors (Lipinski definition) is 6. The Morgan fingerprint density at radius 3 is 2.69 bits per heavy atom. The van der Waals surface area contributed by atoms with Crippen molar-refractivity contribution < 1.29 is 9.90 Å². The Kier molecular flexibility index (Phi) is 6.68. The zero-order valence-corrected chi connectivity index (χ0v) is 17.1. The van der Waals surface area contributed by atoms with Gasteiger partial charge >= 0.3 is 0 Å². The van der Waals surface area contributed by atoms with Crippen molar-refractivity contribution in [1.82, 2.24) is 4.98 Å². The molecular weight excluding hydrogens is 366 g/mol. The maximum atomic E-state index is 13.1. The average Bonchev–Trinajstić information content (AvgIpc) is 2.94. The van der Waals surface area contributed by atoms with E-state index in [1.807, 2.05) is 45.9 Å². The van der Waals surface area contributed by atoms with Gasteiger partial charge in [0.05, 0.1) is 10.2 Å². The molecule has 2 aromatic rings. The van der Waals surface area contributed by atoms with Gasteiger partial charge in [-0.25, -0.2) is 4.98 Å². The van der Waals surface area contributed by atoms with Crippen LogP contribution in [0.15, 0.2) is 33.9 Å². The molecule has 0 aliphatic carbocycles. The predicted molar refractivity (Wildman–Crippen MR) is 109 cm³/mol. The van der Waals surface area contributed by atoms with Gasteiger partial charge in [0.2, 0.25) is 0 Å². The van der Waals surface area contributed by atoms with Gasteiger partial charge in [0.15, 0.2) is 5.57 Å². The van der Waals surface area contributed by atoms with Crippen LogP contribution >= 0.6 is 24.0 Å². The molecule has 0 spiro atoms. The number of nitriles is 1. The van der Waals surface area contributed by atoms with Crippen molar-refractivity contribution >= 4 is 45.8 Å². The van der Waals surface area contributed by atoms with Gasteiger partial charge in [-0.2, -0.15) is 5.26 Å². The molecule has 0 radical (unpaired) electrons. The first-order valence-corrected chi connectivity index (χ1v) is 9.82. The number of anilines is 1. The summed E-state index contributed by atoms with van der Waals surface area (Å²) in [6.45, 7) is 7.57. The number of nitrogens with zero attached hydrogens (tertiary/aromatic N) is 3. The number of thiazole rings is 1. The molecule has 2 rings (SSSR count). The second kappa shape index (κ2) is 8.56. The van der Waals surface area contributed by atoms with E-state index >= 15 is 0 Å². The summed E-state index contributed by atoms with van der Waals surface area (Å²) in [7, 11) is 0. The summed E-state index contributed by atoms with van der Waals surface area (Å²) >= 11 is 5.70. The molecule has 0 saturated heterocycles. The van der Waals surface area contributed by atoms with Gasteiger partial charge < -0.3 is 10.0 Å². The van der Waals surface area contributed by atoms with Crippen LogP contribution in [0.1, 0.15) is 40.5 Å². The molecule has 0 aliphatic heterocycles. The summed E-state index contributed by atoms with van der Waals surface area (Å²) in [5, 5.41) is 19.9. The van der Waals surface area contributed by atoms with Crippen molar-refractivity contribution in [3.05, 3.63) is 29.5 Å². The summed E-state index contributed by atoms with van der Waals surface area (Å²) < 4.78 is 1.57. The molecule has 5 nitrogen and oxygen atoms in total. The van der Waals surface area contributed by atoms with Crippen LogP contribution in [-0.4, -0.2) is 22.0 Å². The Morgan fingerprint density at radius 1 is 1.42 bits per heavy atom. The van der Waals surface area contributed by atoms with Gasteiger partial charge in [-0.1, -0.05) is 20.3 Å². The van der Waals surface area contributed by atoms with Crippen molar-refractivity contribution in [1.29, 1.82) is 5.26 Å². The van der Waals surface area contributed by atoms with E-state index in [0.717, 1.165) is 16.6 Å². The van der Waals surface area contributed by atoms with Crippen LogP contribution in [0.5, 0.6) is 0 Å². The smallest absolute Gasteiger partial charge is 0.272 e. The fraction of sp³-hybridized carbons (Fsp3) is 0.421. The Hall–Kier alpha value is -2.04. The van der Waals surface area contributed by atoms with E-state index in [-0.39, 0.29) is 23.3 Å². The summed E-state index contributed by atoms with van der Waals surface area (Å²) in [5.41, 5.74) is 1.28. The van der Waals surface area contributed by atoms with E-state index in [9.17, 15) is 15.2 Å². The molecule has 1 unspecified atom stereocenters. The molecule has 1 atom stereocenters. The molecule has 0 saturated carbocycles. The average molecular weight is 390 g/mol. The highest BCUT2D eigenvalue weighted by Gasteiger charge is 2.27. The predicted octanol–water partition coefficient (Wildman–Crippen LogP) is 5.10. The van der Waals surface area contributed by atoms with E-state index in [1.165, 1.54) is 16.2 Å². The van der Waals surface area contributed by atoms with E-state index in [0.29, 0.717) is 16.4 Å². The van der Waals surface area contributed by atoms with Crippen LogP contribution in [0.2, 0.25) is 0 Å². The molecule has 0 bridgehead atoms. The van der Waals surface area contributed by atoms with Crippen molar-refractivity contribution in [2.75, 3.05) is 4.90 Å². The number of allylic oxidation sites excluding steroid dienone is 1. The Labute approximate surface area is 163 Å². The fourth-order valence-corrected chi connectivity index (χ4v) is 3.99. The number of aromatic nitrogens is 1. The zero-order chi connectivity index (χ0) is 19.4. The molecule has 0 fully saturated rings. The van der Waals surface area contributed by atoms with Gasteiger partial charge in [0.1, 0.15) is 16.2 Å². The van der Waals surface area contributed by atoms with Gasteiger partial charge in [-0.15, -0.1) is 24.0 Å². The first-order chi connectivity index (χ1) is 12.3. The highest BCUT2D eigenvalue weighted by Crippen LogP contribution is 2.30. The fourth-order valence-electron chi connectivity index (χ4n) is 2.85. The lowest BCUT2D eigenvalue weighted by Gasteiger charge is -2.27. The number of aliphatic hydroxyl groups is 1. The monoisotopic (exact) mass is 389 g/mol. The molecule has 26 heavy (non-hydrogen) atoms. The number of rotatable bonds is 6. The van der Waals surface area contributed by atoms with Crippen LogP contribution in [0.3, 0.4) is 0 Å². The molecule has 1 amide bonds. The number of thiol groups is 1. The SMILES string of the molecule is CCCC(C)C(O)=C(C#N)C(=O)N(c1ccc2nc(S)sc2c1)C(C)C. The third-order valence-corrected chi connectivity index (χ3v) is 5.34. The highest BCUT2D eigenvalue weighted by atomic mass is 32.2. The van der Waals surface area contributed by atoms with Gasteiger partial charge in [0, 0.05) is 17.6 Å². The van der Waals surface area contributed by atoms with E-state index in [2.05, 4.69) is 17.6 Å². The van der Waals surface area contributed by atoms with Gasteiger partial charge in [-0.3, -0.25) is 4.79 Å². The maximum absolute atomic E-state index is 13.1. The number of fused-ring (bicyclic) bond motifs is 1. The molecule has 1 heterocycles. The summed E-state index contributed by atoms with van der Waals surface area (Å²) in [5.74, 6) is -0.859. The van der Waals surface area contributed by atoms with Crippen LogP contribution < -0.4 is 4.90 Å². The Bertz CT molecular complexity index is 881. The number of amides is 1. The number of benzene rings is 1. The van der Waals surface area contributed by atoms with Crippen LogP contribution in [0.25, 0.3) is 10.2 Å². The standard InChI is InChI=1S/C19H23N3O2S2/c1-5-6-12(4)17(23)14(10-20)18(24)22(11(2)3)13-7-8-15-16(9-13)26-19(25)21-15/h7-9,11-12,23H,5-6H2,1-4H3,(H,21,25). The summed E-state index contributed by atoms with van der Waals surface area (Å²) in [6, 6.07) is 7.22. The molecule has 1 N–H and O–H groups in total. The minimum absolute atomic E-state index is 0.137. The lowest BCUT2D eigenvalue weighted by atomic mass is 9.99. The highest BCUT2D eigenvalue weighted by molar-refractivity contribution is 7.82.